The Kier molecular flexibility index (Phi) is 5.32. The summed E-state index contributed by atoms with van der Waals surface area (Å²) >= 11 is 15.3. The maximum Gasteiger partial charge on any atom is 0.233 e. The lowest BCUT2D eigenvalue weighted by Gasteiger charge is -2.26. The Morgan fingerprint density at radius 1 is 1.30 bits per heavy atom. The third-order valence-electron chi connectivity index (χ3n) is 4.32. The van der Waals surface area contributed by atoms with Gasteiger partial charge in [-0.3, -0.25) is 4.79 Å². The Balaban J connectivity index is 1.44. The first-order valence-corrected chi connectivity index (χ1v) is 10.8. The van der Waals surface area contributed by atoms with Gasteiger partial charge in [-0.2, -0.15) is 0 Å². The van der Waals surface area contributed by atoms with Crippen molar-refractivity contribution >= 4 is 52.2 Å². The summed E-state index contributed by atoms with van der Waals surface area (Å²) in [5.74, 6) is 6.82. The summed E-state index contributed by atoms with van der Waals surface area (Å²) in [7, 11) is 0. The number of amides is 1. The Morgan fingerprint density at radius 3 is 3.00 bits per heavy atom. The maximum absolute atomic E-state index is 12.6. The van der Waals surface area contributed by atoms with Crippen molar-refractivity contribution in [3.63, 3.8) is 0 Å². The molecule has 1 aliphatic rings. The van der Waals surface area contributed by atoms with Crippen LogP contribution in [0.25, 0.3) is 11.4 Å². The highest BCUT2D eigenvalue weighted by Gasteiger charge is 2.23. The van der Waals surface area contributed by atoms with Crippen molar-refractivity contribution in [2.75, 3.05) is 18.1 Å². The molecule has 0 unspecified atom stereocenters. The Morgan fingerprint density at radius 2 is 2.15 bits per heavy atom. The van der Waals surface area contributed by atoms with Gasteiger partial charge in [-0.25, -0.2) is 4.68 Å². The second kappa shape index (κ2) is 7.71. The maximum atomic E-state index is 12.6. The van der Waals surface area contributed by atoms with Crippen molar-refractivity contribution in [1.82, 2.24) is 19.8 Å². The summed E-state index contributed by atoms with van der Waals surface area (Å²) in [5, 5.41) is 11.7. The van der Waals surface area contributed by atoms with Crippen LogP contribution in [0.15, 0.2) is 34.8 Å². The molecule has 0 aliphatic carbocycles. The molecule has 0 saturated carbocycles. The van der Waals surface area contributed by atoms with E-state index in [0.29, 0.717) is 33.1 Å². The quantitative estimate of drug-likeness (QED) is 0.495. The summed E-state index contributed by atoms with van der Waals surface area (Å²) in [6.07, 6.45) is 0.911. The minimum atomic E-state index is 0.0576. The molecule has 0 atom stereocenters. The van der Waals surface area contributed by atoms with Gasteiger partial charge in [-0.05, 0) is 41.6 Å². The van der Waals surface area contributed by atoms with E-state index in [1.807, 2.05) is 4.90 Å². The molecule has 10 heteroatoms. The van der Waals surface area contributed by atoms with Crippen LogP contribution in [-0.4, -0.2) is 38.0 Å². The highest BCUT2D eigenvalue weighted by molar-refractivity contribution is 7.99. The van der Waals surface area contributed by atoms with Gasteiger partial charge < -0.3 is 10.7 Å². The van der Waals surface area contributed by atoms with Gasteiger partial charge in [0.25, 0.3) is 0 Å². The van der Waals surface area contributed by atoms with Crippen molar-refractivity contribution in [2.24, 2.45) is 0 Å². The molecule has 1 amide bonds. The van der Waals surface area contributed by atoms with E-state index in [2.05, 4.69) is 21.6 Å². The van der Waals surface area contributed by atoms with Crippen LogP contribution in [-0.2, 0) is 17.8 Å². The summed E-state index contributed by atoms with van der Waals surface area (Å²) in [4.78, 5) is 15.8. The lowest BCUT2D eigenvalue weighted by atomic mass is 10.1. The third-order valence-corrected chi connectivity index (χ3v) is 6.83. The minimum absolute atomic E-state index is 0.0576. The van der Waals surface area contributed by atoms with Crippen LogP contribution in [0.2, 0.25) is 10.0 Å². The average Bonchev–Trinajstić information content (AvgIpc) is 3.27. The number of hydrogen-bond acceptors (Lipinski definition) is 6. The first-order valence-electron chi connectivity index (χ1n) is 8.14. The topological polar surface area (TPSA) is 77.0 Å². The number of nitrogen functional groups attached to an aromatic ring is 1. The molecule has 4 rings (SSSR count). The zero-order valence-electron chi connectivity index (χ0n) is 14.1. The van der Waals surface area contributed by atoms with Crippen molar-refractivity contribution in [3.8, 4) is 11.4 Å². The molecule has 0 fully saturated rings. The molecular weight excluding hydrogens is 425 g/mol. The largest absolute Gasteiger partial charge is 0.337 e. The molecule has 0 radical (unpaired) electrons. The predicted molar refractivity (Wildman–Crippen MR) is 110 cm³/mol. The van der Waals surface area contributed by atoms with Gasteiger partial charge in [0.15, 0.2) is 5.82 Å². The lowest BCUT2D eigenvalue weighted by Crippen LogP contribution is -2.36. The van der Waals surface area contributed by atoms with Crippen LogP contribution in [0.5, 0.6) is 0 Å². The smallest absolute Gasteiger partial charge is 0.233 e. The van der Waals surface area contributed by atoms with Crippen LogP contribution in [0.4, 0.5) is 0 Å². The summed E-state index contributed by atoms with van der Waals surface area (Å²) in [6.45, 7) is 1.41. The SMILES string of the molecule is Nn1c(SCC(=O)N2CCc3sccc3C2)nnc1-c1cc(Cl)ccc1Cl. The van der Waals surface area contributed by atoms with E-state index in [1.165, 1.54) is 26.9 Å². The number of hydrogen-bond donors (Lipinski definition) is 1. The van der Waals surface area contributed by atoms with Crippen molar-refractivity contribution < 1.29 is 4.79 Å². The molecule has 1 aliphatic heterocycles. The van der Waals surface area contributed by atoms with Crippen LogP contribution in [0.3, 0.4) is 0 Å². The summed E-state index contributed by atoms with van der Waals surface area (Å²) in [6, 6.07) is 7.14. The number of benzene rings is 1. The molecule has 27 heavy (non-hydrogen) atoms. The molecule has 6 nitrogen and oxygen atoms in total. The second-order valence-electron chi connectivity index (χ2n) is 6.02. The number of nitrogens with zero attached hydrogens (tertiary/aromatic N) is 4. The fraction of sp³-hybridized carbons (Fsp3) is 0.235. The molecular formula is C17H15Cl2N5OS2. The number of aromatic nitrogens is 3. The number of rotatable bonds is 4. The predicted octanol–water partition coefficient (Wildman–Crippen LogP) is 3.70. The number of carbonyl (C=O) groups excluding carboxylic acids is 1. The zero-order valence-corrected chi connectivity index (χ0v) is 17.2. The first-order chi connectivity index (χ1) is 13.0. The number of thiophene rings is 1. The molecule has 3 aromatic rings. The monoisotopic (exact) mass is 439 g/mol. The normalized spacial score (nSPS) is 13.6. The fourth-order valence-corrected chi connectivity index (χ4v) is 4.93. The lowest BCUT2D eigenvalue weighted by molar-refractivity contribution is -0.129. The van der Waals surface area contributed by atoms with Gasteiger partial charge in [0.1, 0.15) is 0 Å². The van der Waals surface area contributed by atoms with E-state index < -0.39 is 0 Å². The highest BCUT2D eigenvalue weighted by Crippen LogP contribution is 2.31. The molecule has 3 heterocycles. The molecule has 0 spiro atoms. The van der Waals surface area contributed by atoms with Crippen molar-refractivity contribution in [2.45, 2.75) is 18.1 Å². The van der Waals surface area contributed by atoms with Crippen LogP contribution in [0.1, 0.15) is 10.4 Å². The number of thioether (sulfide) groups is 1. The van der Waals surface area contributed by atoms with E-state index >= 15 is 0 Å². The van der Waals surface area contributed by atoms with E-state index in [1.54, 1.807) is 29.5 Å². The van der Waals surface area contributed by atoms with Crippen molar-refractivity contribution in [1.29, 1.82) is 0 Å². The van der Waals surface area contributed by atoms with Gasteiger partial charge in [0, 0.05) is 28.6 Å². The zero-order chi connectivity index (χ0) is 19.0. The number of nitrogens with two attached hydrogens (primary N) is 1. The second-order valence-corrected chi connectivity index (χ2v) is 8.81. The van der Waals surface area contributed by atoms with Gasteiger partial charge in [0.2, 0.25) is 11.1 Å². The Hall–Kier alpha value is -1.74. The molecule has 2 N–H and O–H groups in total. The molecule has 0 saturated heterocycles. The van der Waals surface area contributed by atoms with Crippen LogP contribution in [0, 0.1) is 0 Å². The van der Waals surface area contributed by atoms with Crippen LogP contribution < -0.4 is 5.84 Å². The van der Waals surface area contributed by atoms with Crippen molar-refractivity contribution in [3.05, 3.63) is 50.1 Å². The number of carbonyl (C=O) groups is 1. The van der Waals surface area contributed by atoms with Gasteiger partial charge in [0.05, 0.1) is 10.8 Å². The van der Waals surface area contributed by atoms with E-state index in [-0.39, 0.29) is 11.7 Å². The first kappa shape index (κ1) is 18.6. The van der Waals surface area contributed by atoms with E-state index in [9.17, 15) is 4.79 Å². The average molecular weight is 440 g/mol. The standard InChI is InChI=1S/C17H15Cl2N5OS2/c18-11-1-2-13(19)12(7-11)16-21-22-17(24(16)20)27-9-15(25)23-5-3-14-10(8-23)4-6-26-14/h1-2,4,6-7H,3,5,8-9,20H2. The molecule has 2 aromatic heterocycles. The van der Waals surface area contributed by atoms with Gasteiger partial charge in [-0.15, -0.1) is 21.5 Å². The molecule has 0 bridgehead atoms. The number of halogens is 2. The molecule has 1 aromatic carbocycles. The van der Waals surface area contributed by atoms with Crippen LogP contribution >= 0.6 is 46.3 Å². The Labute approximate surface area is 174 Å². The van der Waals surface area contributed by atoms with E-state index in [4.69, 9.17) is 29.0 Å². The fourth-order valence-electron chi connectivity index (χ4n) is 2.91. The highest BCUT2D eigenvalue weighted by atomic mass is 35.5. The summed E-state index contributed by atoms with van der Waals surface area (Å²) < 4.78 is 1.34. The Bertz CT molecular complexity index is 1000. The van der Waals surface area contributed by atoms with E-state index in [0.717, 1.165) is 13.0 Å². The van der Waals surface area contributed by atoms with Gasteiger partial charge >= 0.3 is 0 Å². The van der Waals surface area contributed by atoms with Gasteiger partial charge in [-0.1, -0.05) is 35.0 Å². The minimum Gasteiger partial charge on any atom is -0.337 e. The third kappa shape index (κ3) is 3.80. The number of fused-ring (bicyclic) bond motifs is 1. The summed E-state index contributed by atoms with van der Waals surface area (Å²) in [5.41, 5.74) is 1.84. The molecule has 140 valence electrons.